The first-order valence-corrected chi connectivity index (χ1v) is 7.82. The highest BCUT2D eigenvalue weighted by Gasteiger charge is 2.24. The Morgan fingerprint density at radius 1 is 1.24 bits per heavy atom. The molecule has 0 saturated carbocycles. The fourth-order valence-electron chi connectivity index (χ4n) is 1.55. The smallest absolute Gasteiger partial charge is 0.338 e. The van der Waals surface area contributed by atoms with E-state index in [4.69, 9.17) is 9.84 Å². The number of nitrogens with one attached hydrogen (secondary N) is 1. The van der Waals surface area contributed by atoms with Crippen molar-refractivity contribution >= 4 is 22.0 Å². The summed E-state index contributed by atoms with van der Waals surface area (Å²) in [5, 5.41) is 8.87. The number of carboxylic acids is 1. The molecule has 0 aliphatic carbocycles. The maximum absolute atomic E-state index is 12.0. The zero-order valence-electron chi connectivity index (χ0n) is 11.7. The van der Waals surface area contributed by atoms with Crippen molar-refractivity contribution < 1.29 is 27.9 Å². The van der Waals surface area contributed by atoms with E-state index >= 15 is 0 Å². The van der Waals surface area contributed by atoms with Crippen molar-refractivity contribution in [2.24, 2.45) is 0 Å². The van der Waals surface area contributed by atoms with Crippen LogP contribution in [-0.4, -0.2) is 38.1 Å². The van der Waals surface area contributed by atoms with Crippen molar-refractivity contribution in [2.75, 3.05) is 6.61 Å². The topological polar surface area (TPSA) is 110 Å². The summed E-state index contributed by atoms with van der Waals surface area (Å²) in [5.41, 5.74) is 0.223. The molecule has 1 aromatic rings. The number of rotatable bonds is 7. The molecule has 0 aliphatic rings. The van der Waals surface area contributed by atoms with Crippen molar-refractivity contribution in [3.63, 3.8) is 0 Å². The van der Waals surface area contributed by atoms with Crippen LogP contribution in [0.1, 0.15) is 30.6 Å². The molecule has 1 rings (SSSR count). The average Bonchev–Trinajstić information content (AvgIpc) is 2.45. The monoisotopic (exact) mass is 315 g/mol. The Balaban J connectivity index is 2.94. The number of sulfonamides is 1. The first-order valence-electron chi connectivity index (χ1n) is 6.34. The predicted molar refractivity (Wildman–Crippen MR) is 74.4 cm³/mol. The third-order valence-corrected chi connectivity index (χ3v) is 4.17. The fourth-order valence-corrected chi connectivity index (χ4v) is 2.82. The van der Waals surface area contributed by atoms with Gasteiger partial charge in [-0.1, -0.05) is 6.92 Å². The normalized spacial score (nSPS) is 12.7. The molecular formula is C13H17NO6S. The molecule has 2 N–H and O–H groups in total. The van der Waals surface area contributed by atoms with Gasteiger partial charge < -0.3 is 9.84 Å². The van der Waals surface area contributed by atoms with Crippen molar-refractivity contribution in [3.8, 4) is 0 Å². The molecule has 0 bridgehead atoms. The van der Waals surface area contributed by atoms with Crippen LogP contribution in [0, 0.1) is 0 Å². The van der Waals surface area contributed by atoms with E-state index in [2.05, 4.69) is 4.72 Å². The van der Waals surface area contributed by atoms with E-state index in [1.807, 2.05) is 0 Å². The summed E-state index contributed by atoms with van der Waals surface area (Å²) >= 11 is 0. The standard InChI is InChI=1S/C13H17NO6S/c1-3-11(12(15)16)14-21(18,19)10-7-5-9(6-8-10)13(17)20-4-2/h5-8,11,14H,3-4H2,1-2H3,(H,15,16)/t11-/m1/s1. The van der Waals surface area contributed by atoms with Crippen LogP contribution in [0.5, 0.6) is 0 Å². The summed E-state index contributed by atoms with van der Waals surface area (Å²) in [7, 11) is -3.95. The number of esters is 1. The van der Waals surface area contributed by atoms with Gasteiger partial charge in [-0.05, 0) is 37.6 Å². The minimum atomic E-state index is -3.95. The molecule has 1 aromatic carbocycles. The number of ether oxygens (including phenoxy) is 1. The van der Waals surface area contributed by atoms with E-state index in [-0.39, 0.29) is 23.5 Å². The summed E-state index contributed by atoms with van der Waals surface area (Å²) in [4.78, 5) is 22.2. The molecule has 21 heavy (non-hydrogen) atoms. The zero-order valence-corrected chi connectivity index (χ0v) is 12.5. The highest BCUT2D eigenvalue weighted by atomic mass is 32.2. The summed E-state index contributed by atoms with van der Waals surface area (Å²) in [6.07, 6.45) is 0.121. The van der Waals surface area contributed by atoms with Crippen LogP contribution in [0.15, 0.2) is 29.2 Å². The number of benzene rings is 1. The molecule has 1 atom stereocenters. The maximum Gasteiger partial charge on any atom is 0.338 e. The molecular weight excluding hydrogens is 298 g/mol. The number of carbonyl (C=O) groups excluding carboxylic acids is 1. The third kappa shape index (κ3) is 4.54. The lowest BCUT2D eigenvalue weighted by Gasteiger charge is -2.13. The number of aliphatic carboxylic acids is 1. The van der Waals surface area contributed by atoms with Gasteiger partial charge in [0.2, 0.25) is 10.0 Å². The summed E-state index contributed by atoms with van der Waals surface area (Å²) < 4.78 is 30.9. The molecule has 0 saturated heterocycles. The Hall–Kier alpha value is -1.93. The molecule has 0 spiro atoms. The number of hydrogen-bond donors (Lipinski definition) is 2. The maximum atomic E-state index is 12.0. The van der Waals surface area contributed by atoms with Gasteiger partial charge in [0.1, 0.15) is 6.04 Å². The molecule has 7 nitrogen and oxygen atoms in total. The Morgan fingerprint density at radius 3 is 2.24 bits per heavy atom. The van der Waals surface area contributed by atoms with Crippen LogP contribution in [0.25, 0.3) is 0 Å². The number of carbonyl (C=O) groups is 2. The van der Waals surface area contributed by atoms with Gasteiger partial charge in [-0.15, -0.1) is 0 Å². The average molecular weight is 315 g/mol. The Kier molecular flexibility index (Phi) is 5.86. The van der Waals surface area contributed by atoms with Gasteiger partial charge in [-0.3, -0.25) is 4.79 Å². The van der Waals surface area contributed by atoms with E-state index in [9.17, 15) is 18.0 Å². The lowest BCUT2D eigenvalue weighted by Crippen LogP contribution is -2.40. The summed E-state index contributed by atoms with van der Waals surface area (Å²) in [5.74, 6) is -1.80. The van der Waals surface area contributed by atoms with Gasteiger partial charge >= 0.3 is 11.9 Å². The first-order chi connectivity index (χ1) is 9.81. The molecule has 0 unspecified atom stereocenters. The number of carboxylic acid groups (broad SMARTS) is 1. The van der Waals surface area contributed by atoms with E-state index in [0.717, 1.165) is 0 Å². The van der Waals surface area contributed by atoms with E-state index in [1.165, 1.54) is 24.3 Å². The second-order valence-corrected chi connectivity index (χ2v) is 5.88. The molecule has 0 fully saturated rings. The molecule has 0 radical (unpaired) electrons. The second kappa shape index (κ2) is 7.19. The van der Waals surface area contributed by atoms with Crippen molar-refractivity contribution in [2.45, 2.75) is 31.2 Å². The second-order valence-electron chi connectivity index (χ2n) is 4.17. The molecule has 0 aliphatic heterocycles. The van der Waals surface area contributed by atoms with Crippen LogP contribution in [-0.2, 0) is 19.6 Å². The lowest BCUT2D eigenvalue weighted by molar-refractivity contribution is -0.139. The van der Waals surface area contributed by atoms with Gasteiger partial charge in [0.15, 0.2) is 0 Å². The van der Waals surface area contributed by atoms with E-state index < -0.39 is 28.0 Å². The Morgan fingerprint density at radius 2 is 1.81 bits per heavy atom. The molecule has 8 heteroatoms. The zero-order chi connectivity index (χ0) is 16.0. The van der Waals surface area contributed by atoms with Crippen LogP contribution in [0.2, 0.25) is 0 Å². The highest BCUT2D eigenvalue weighted by Crippen LogP contribution is 2.12. The third-order valence-electron chi connectivity index (χ3n) is 2.68. The van der Waals surface area contributed by atoms with Crippen LogP contribution in [0.3, 0.4) is 0 Å². The van der Waals surface area contributed by atoms with Crippen LogP contribution in [0.4, 0.5) is 0 Å². The first kappa shape index (κ1) is 17.1. The molecule has 0 amide bonds. The van der Waals surface area contributed by atoms with Crippen LogP contribution < -0.4 is 4.72 Å². The predicted octanol–water partition coefficient (Wildman–Crippen LogP) is 1.00. The molecule has 0 heterocycles. The number of hydrogen-bond acceptors (Lipinski definition) is 5. The van der Waals surface area contributed by atoms with Gasteiger partial charge in [0.05, 0.1) is 17.1 Å². The highest BCUT2D eigenvalue weighted by molar-refractivity contribution is 7.89. The molecule has 116 valence electrons. The van der Waals surface area contributed by atoms with Crippen molar-refractivity contribution in [3.05, 3.63) is 29.8 Å². The van der Waals surface area contributed by atoms with Gasteiger partial charge in [0, 0.05) is 0 Å². The lowest BCUT2D eigenvalue weighted by atomic mass is 10.2. The molecule has 0 aromatic heterocycles. The van der Waals surface area contributed by atoms with Gasteiger partial charge in [0.25, 0.3) is 0 Å². The van der Waals surface area contributed by atoms with E-state index in [1.54, 1.807) is 13.8 Å². The largest absolute Gasteiger partial charge is 0.480 e. The SMILES string of the molecule is CCOC(=O)c1ccc(S(=O)(=O)N[C@H](CC)C(=O)O)cc1. The van der Waals surface area contributed by atoms with E-state index in [0.29, 0.717) is 0 Å². The minimum absolute atomic E-state index is 0.116. The van der Waals surface area contributed by atoms with Crippen LogP contribution >= 0.6 is 0 Å². The van der Waals surface area contributed by atoms with Gasteiger partial charge in [-0.25, -0.2) is 13.2 Å². The van der Waals surface area contributed by atoms with Crippen molar-refractivity contribution in [1.29, 1.82) is 0 Å². The summed E-state index contributed by atoms with van der Waals surface area (Å²) in [6, 6.07) is 3.88. The quantitative estimate of drug-likeness (QED) is 0.727. The van der Waals surface area contributed by atoms with Crippen molar-refractivity contribution in [1.82, 2.24) is 4.72 Å². The van der Waals surface area contributed by atoms with Gasteiger partial charge in [-0.2, -0.15) is 4.72 Å². The summed E-state index contributed by atoms with van der Waals surface area (Å²) in [6.45, 7) is 3.44. The minimum Gasteiger partial charge on any atom is -0.480 e. The Bertz CT molecular complexity index is 608. The Labute approximate surface area is 123 Å². The fraction of sp³-hybridized carbons (Fsp3) is 0.385.